The maximum Gasteiger partial charge on any atom is 0.247 e. The number of amides is 1. The van der Waals surface area contributed by atoms with Crippen molar-refractivity contribution in [1.82, 2.24) is 0 Å². The molecule has 1 rings (SSSR count). The van der Waals surface area contributed by atoms with Gasteiger partial charge < -0.3 is 5.32 Å². The van der Waals surface area contributed by atoms with Crippen molar-refractivity contribution in [3.8, 4) is 0 Å². The fourth-order valence-electron chi connectivity index (χ4n) is 3.04. The minimum Gasteiger partial charge on any atom is -0.323 e. The molecule has 0 heterocycles. The smallest absolute Gasteiger partial charge is 0.247 e. The number of hydrogen-bond acceptors (Lipinski definition) is 1. The van der Waals surface area contributed by atoms with Crippen LogP contribution in [0, 0.1) is 0 Å². The first-order chi connectivity index (χ1) is 10.6. The summed E-state index contributed by atoms with van der Waals surface area (Å²) in [4.78, 5) is 12.9. The third-order valence-corrected chi connectivity index (χ3v) is 10.4. The van der Waals surface area contributed by atoms with E-state index in [1.165, 1.54) is 6.42 Å². The summed E-state index contributed by atoms with van der Waals surface area (Å²) >= 11 is 0. The van der Waals surface area contributed by atoms with Crippen molar-refractivity contribution in [3.63, 3.8) is 0 Å². The second-order valence-corrected chi connectivity index (χ2v) is 11.1. The van der Waals surface area contributed by atoms with E-state index in [-0.39, 0.29) is 5.91 Å². The molecule has 0 unspecified atom stereocenters. The van der Waals surface area contributed by atoms with Crippen molar-refractivity contribution >= 4 is 19.7 Å². The van der Waals surface area contributed by atoms with Crippen molar-refractivity contribution in [2.45, 2.75) is 65.1 Å². The zero-order valence-electron chi connectivity index (χ0n) is 14.6. The van der Waals surface area contributed by atoms with Crippen molar-refractivity contribution in [2.24, 2.45) is 0 Å². The summed E-state index contributed by atoms with van der Waals surface area (Å²) in [6.07, 6.45) is 5.58. The molecule has 0 radical (unpaired) electrons. The Morgan fingerprint density at radius 3 is 2.14 bits per heavy atom. The first-order valence-electron chi connectivity index (χ1n) is 8.70. The highest BCUT2D eigenvalue weighted by Gasteiger charge is 2.35. The number of hydrogen-bond donors (Lipinski definition) is 1. The topological polar surface area (TPSA) is 29.1 Å². The molecule has 1 amide bonds. The number of para-hydroxylation sites is 1. The molecule has 2 nitrogen and oxygen atoms in total. The quantitative estimate of drug-likeness (QED) is 0.348. The van der Waals surface area contributed by atoms with Crippen molar-refractivity contribution in [2.75, 3.05) is 5.32 Å². The van der Waals surface area contributed by atoms with Gasteiger partial charge >= 0.3 is 0 Å². The largest absolute Gasteiger partial charge is 0.323 e. The van der Waals surface area contributed by atoms with Crippen LogP contribution in [0.25, 0.3) is 0 Å². The molecule has 0 aliphatic rings. The van der Waals surface area contributed by atoms with Gasteiger partial charge in [0.1, 0.15) is 0 Å². The van der Waals surface area contributed by atoms with Crippen LogP contribution in [-0.4, -0.2) is 14.0 Å². The van der Waals surface area contributed by atoms with Crippen LogP contribution in [0.15, 0.2) is 41.6 Å². The molecule has 22 heavy (non-hydrogen) atoms. The van der Waals surface area contributed by atoms with E-state index in [4.69, 9.17) is 0 Å². The number of carbonyl (C=O) groups is 1. The SMILES string of the molecule is CCCC/C=C(/C(=O)Nc1ccccc1)[Si](CC)(CC)CC. The predicted molar refractivity (Wildman–Crippen MR) is 99.9 cm³/mol. The third kappa shape index (κ3) is 4.84. The predicted octanol–water partition coefficient (Wildman–Crippen LogP) is 5.79. The van der Waals surface area contributed by atoms with Gasteiger partial charge in [0.15, 0.2) is 0 Å². The molecular weight excluding hydrogens is 286 g/mol. The lowest BCUT2D eigenvalue weighted by Crippen LogP contribution is -2.40. The van der Waals surface area contributed by atoms with Gasteiger partial charge in [0.2, 0.25) is 5.91 Å². The fourth-order valence-corrected chi connectivity index (χ4v) is 6.81. The Balaban J connectivity index is 3.03. The van der Waals surface area contributed by atoms with Crippen LogP contribution < -0.4 is 5.32 Å². The van der Waals surface area contributed by atoms with E-state index in [0.29, 0.717) is 0 Å². The lowest BCUT2D eigenvalue weighted by atomic mass is 10.2. The zero-order valence-corrected chi connectivity index (χ0v) is 15.6. The number of nitrogens with one attached hydrogen (secondary N) is 1. The molecule has 1 aromatic rings. The molecular formula is C19H31NOSi. The van der Waals surface area contributed by atoms with Gasteiger partial charge in [0.25, 0.3) is 0 Å². The van der Waals surface area contributed by atoms with Crippen molar-refractivity contribution in [3.05, 3.63) is 41.6 Å². The number of anilines is 1. The number of carbonyl (C=O) groups excluding carboxylic acids is 1. The Morgan fingerprint density at radius 1 is 1.05 bits per heavy atom. The van der Waals surface area contributed by atoms with Gasteiger partial charge in [-0.3, -0.25) is 4.79 Å². The molecule has 0 bridgehead atoms. The second-order valence-electron chi connectivity index (χ2n) is 5.92. The second kappa shape index (κ2) is 9.62. The van der Waals surface area contributed by atoms with E-state index in [0.717, 1.165) is 41.9 Å². The summed E-state index contributed by atoms with van der Waals surface area (Å²) in [7, 11) is -1.66. The number of rotatable bonds is 9. The van der Waals surface area contributed by atoms with Crippen molar-refractivity contribution < 1.29 is 4.79 Å². The Morgan fingerprint density at radius 2 is 1.64 bits per heavy atom. The van der Waals surface area contributed by atoms with Gasteiger partial charge in [-0.15, -0.1) is 0 Å². The molecule has 1 N–H and O–H groups in total. The lowest BCUT2D eigenvalue weighted by Gasteiger charge is -2.30. The van der Waals surface area contributed by atoms with E-state index in [1.54, 1.807) is 0 Å². The van der Waals surface area contributed by atoms with E-state index in [1.807, 2.05) is 30.3 Å². The van der Waals surface area contributed by atoms with Crippen LogP contribution in [0.2, 0.25) is 18.1 Å². The van der Waals surface area contributed by atoms with E-state index in [9.17, 15) is 4.79 Å². The standard InChI is InChI=1S/C19H31NOSi/c1-5-9-11-16-18(22(6-2,7-3)8-4)19(21)20-17-14-12-10-13-15-17/h10,12-16H,5-9,11H2,1-4H3,(H,20,21)/b18-16-. The maximum absolute atomic E-state index is 12.9. The number of allylic oxidation sites excluding steroid dienone is 1. The first-order valence-corrected chi connectivity index (χ1v) is 11.3. The van der Waals surface area contributed by atoms with Crippen LogP contribution in [0.1, 0.15) is 47.0 Å². The summed E-state index contributed by atoms with van der Waals surface area (Å²) in [5.74, 6) is 0.125. The number of unbranched alkanes of at least 4 members (excludes halogenated alkanes) is 2. The molecule has 0 saturated carbocycles. The minimum absolute atomic E-state index is 0.125. The zero-order chi connectivity index (χ0) is 16.4. The lowest BCUT2D eigenvalue weighted by molar-refractivity contribution is -0.112. The third-order valence-electron chi connectivity index (χ3n) is 4.78. The molecule has 122 valence electrons. The van der Waals surface area contributed by atoms with Crippen LogP contribution in [-0.2, 0) is 4.79 Å². The summed E-state index contributed by atoms with van der Waals surface area (Å²) in [6, 6.07) is 13.2. The Bertz CT molecular complexity index is 469. The van der Waals surface area contributed by atoms with Gasteiger partial charge in [0.05, 0.1) is 8.07 Å². The Labute approximate surface area is 137 Å². The number of benzene rings is 1. The first kappa shape index (κ1) is 18.7. The van der Waals surface area contributed by atoms with Crippen molar-refractivity contribution in [1.29, 1.82) is 0 Å². The summed E-state index contributed by atoms with van der Waals surface area (Å²) in [5.41, 5.74) is 0.889. The molecule has 3 heteroatoms. The van der Waals surface area contributed by atoms with Crippen LogP contribution in [0.5, 0.6) is 0 Å². The average Bonchev–Trinajstić information content (AvgIpc) is 2.56. The summed E-state index contributed by atoms with van der Waals surface area (Å²) in [5, 5.41) is 4.21. The highest BCUT2D eigenvalue weighted by Crippen LogP contribution is 2.30. The monoisotopic (exact) mass is 317 g/mol. The van der Waals surface area contributed by atoms with Crippen LogP contribution in [0.3, 0.4) is 0 Å². The molecule has 0 spiro atoms. The highest BCUT2D eigenvalue weighted by molar-refractivity contribution is 6.90. The summed E-state index contributed by atoms with van der Waals surface area (Å²) in [6.45, 7) is 8.95. The molecule has 0 atom stereocenters. The maximum atomic E-state index is 12.9. The van der Waals surface area contributed by atoms with E-state index >= 15 is 0 Å². The van der Waals surface area contributed by atoms with E-state index in [2.05, 4.69) is 39.1 Å². The van der Waals surface area contributed by atoms with Gasteiger partial charge in [-0.2, -0.15) is 0 Å². The van der Waals surface area contributed by atoms with Crippen LogP contribution >= 0.6 is 0 Å². The van der Waals surface area contributed by atoms with Gasteiger partial charge in [-0.25, -0.2) is 0 Å². The Kier molecular flexibility index (Phi) is 8.18. The fraction of sp³-hybridized carbons (Fsp3) is 0.526. The van der Waals surface area contributed by atoms with Gasteiger partial charge in [-0.05, 0) is 18.6 Å². The van der Waals surface area contributed by atoms with Crippen LogP contribution in [0.4, 0.5) is 5.69 Å². The average molecular weight is 318 g/mol. The highest BCUT2D eigenvalue weighted by atomic mass is 28.3. The molecule has 0 aliphatic carbocycles. The molecule has 0 saturated heterocycles. The summed E-state index contributed by atoms with van der Waals surface area (Å²) < 4.78 is 0. The molecule has 0 fully saturated rings. The van der Waals surface area contributed by atoms with E-state index < -0.39 is 8.07 Å². The molecule has 1 aromatic carbocycles. The Hall–Kier alpha value is -1.35. The molecule has 0 aliphatic heterocycles. The molecule has 0 aromatic heterocycles. The van der Waals surface area contributed by atoms with Gasteiger partial charge in [-0.1, -0.05) is 82.9 Å². The minimum atomic E-state index is -1.66. The normalized spacial score (nSPS) is 12.3. The van der Waals surface area contributed by atoms with Gasteiger partial charge in [0, 0.05) is 10.9 Å².